The van der Waals surface area contributed by atoms with Crippen LogP contribution in [0.15, 0.2) is 47.6 Å². The second-order valence-electron chi connectivity index (χ2n) is 5.22. The van der Waals surface area contributed by atoms with Crippen molar-refractivity contribution in [3.63, 3.8) is 0 Å². The molecule has 0 bridgehead atoms. The number of benzene rings is 2. The fourth-order valence-corrected chi connectivity index (χ4v) is 3.29. The molecule has 0 amide bonds. The molecule has 0 saturated heterocycles. The van der Waals surface area contributed by atoms with Gasteiger partial charge in [-0.3, -0.25) is 14.7 Å². The van der Waals surface area contributed by atoms with Gasteiger partial charge in [0.1, 0.15) is 5.75 Å². The third kappa shape index (κ3) is 3.14. The number of methoxy groups -OCH3 is 1. The van der Waals surface area contributed by atoms with Crippen molar-refractivity contribution >= 4 is 28.5 Å². The highest BCUT2D eigenvalue weighted by Gasteiger charge is 2.20. The Morgan fingerprint density at radius 3 is 2.80 bits per heavy atom. The highest BCUT2D eigenvalue weighted by Crippen LogP contribution is 2.34. The summed E-state index contributed by atoms with van der Waals surface area (Å²) in [5.41, 5.74) is 1.94. The number of hydrogen-bond acceptors (Lipinski definition) is 6. The number of thioether (sulfide) groups is 1. The van der Waals surface area contributed by atoms with Gasteiger partial charge in [0.15, 0.2) is 5.16 Å². The molecule has 1 heterocycles. The summed E-state index contributed by atoms with van der Waals surface area (Å²) in [6.07, 6.45) is 0. The largest absolute Gasteiger partial charge is 0.495 e. The Bertz CT molecular complexity index is 993. The van der Waals surface area contributed by atoms with E-state index in [-0.39, 0.29) is 10.9 Å². The van der Waals surface area contributed by atoms with Crippen LogP contribution < -0.4 is 4.74 Å². The number of para-hydroxylation sites is 2. The molecular formula is C17H14N4O3S. The minimum atomic E-state index is -0.452. The lowest BCUT2D eigenvalue weighted by molar-refractivity contribution is -0.384. The van der Waals surface area contributed by atoms with Crippen molar-refractivity contribution in [2.75, 3.05) is 7.11 Å². The van der Waals surface area contributed by atoms with Gasteiger partial charge in [-0.1, -0.05) is 23.9 Å². The van der Waals surface area contributed by atoms with E-state index in [2.05, 4.69) is 11.1 Å². The summed E-state index contributed by atoms with van der Waals surface area (Å²) in [4.78, 5) is 15.1. The van der Waals surface area contributed by atoms with Crippen LogP contribution in [0.25, 0.3) is 16.7 Å². The SMILES string of the molecule is COc1ccccc1-n1c(S[C@H](C)C#N)nc2cc([N+](=O)[O-])ccc21. The first-order valence-electron chi connectivity index (χ1n) is 7.41. The van der Waals surface area contributed by atoms with Gasteiger partial charge < -0.3 is 4.74 Å². The summed E-state index contributed by atoms with van der Waals surface area (Å²) in [5, 5.41) is 20.4. The molecule has 3 aromatic rings. The molecule has 0 aliphatic rings. The molecule has 0 radical (unpaired) electrons. The fraction of sp³-hybridized carbons (Fsp3) is 0.176. The third-order valence-corrected chi connectivity index (χ3v) is 4.55. The van der Waals surface area contributed by atoms with Gasteiger partial charge in [0.05, 0.1) is 40.1 Å². The number of aromatic nitrogens is 2. The number of nitro groups is 1. The summed E-state index contributed by atoms with van der Waals surface area (Å²) in [6, 6.07) is 14.1. The first-order valence-corrected chi connectivity index (χ1v) is 8.29. The van der Waals surface area contributed by atoms with Crippen molar-refractivity contribution in [3.05, 3.63) is 52.6 Å². The highest BCUT2D eigenvalue weighted by atomic mass is 32.2. The zero-order valence-electron chi connectivity index (χ0n) is 13.5. The predicted octanol–water partition coefficient (Wildman–Crippen LogP) is 3.95. The first kappa shape index (κ1) is 16.8. The molecule has 0 aliphatic carbocycles. The van der Waals surface area contributed by atoms with Gasteiger partial charge in [-0.15, -0.1) is 0 Å². The summed E-state index contributed by atoms with van der Waals surface area (Å²) in [6.45, 7) is 1.78. The van der Waals surface area contributed by atoms with Crippen LogP contribution >= 0.6 is 11.8 Å². The van der Waals surface area contributed by atoms with E-state index in [1.54, 1.807) is 20.1 Å². The Balaban J connectivity index is 2.28. The first-order chi connectivity index (χ1) is 12.0. The molecule has 25 heavy (non-hydrogen) atoms. The number of ether oxygens (including phenoxy) is 1. The summed E-state index contributed by atoms with van der Waals surface area (Å²) in [7, 11) is 1.58. The average Bonchev–Trinajstić information content (AvgIpc) is 2.98. The average molecular weight is 354 g/mol. The second kappa shape index (κ2) is 6.83. The van der Waals surface area contributed by atoms with E-state index in [1.165, 1.54) is 23.9 Å². The van der Waals surface area contributed by atoms with Gasteiger partial charge in [-0.25, -0.2) is 4.98 Å². The summed E-state index contributed by atoms with van der Waals surface area (Å²) >= 11 is 1.29. The van der Waals surface area contributed by atoms with Crippen LogP contribution in [0.2, 0.25) is 0 Å². The van der Waals surface area contributed by atoms with Crippen molar-refractivity contribution in [2.24, 2.45) is 0 Å². The standard InChI is InChI=1S/C17H14N4O3S/c1-11(10-18)25-17-19-13-9-12(21(22)23)7-8-14(13)20(17)15-5-3-4-6-16(15)24-2/h3-9,11H,1-2H3/t11-/m1/s1. The number of nitro benzene ring substituents is 1. The lowest BCUT2D eigenvalue weighted by Crippen LogP contribution is -2.02. The predicted molar refractivity (Wildman–Crippen MR) is 95.2 cm³/mol. The number of fused-ring (bicyclic) bond motifs is 1. The molecule has 126 valence electrons. The molecular weight excluding hydrogens is 340 g/mol. The van der Waals surface area contributed by atoms with Crippen LogP contribution in [0.5, 0.6) is 5.75 Å². The maximum absolute atomic E-state index is 11.0. The van der Waals surface area contributed by atoms with Gasteiger partial charge in [0.2, 0.25) is 0 Å². The quantitative estimate of drug-likeness (QED) is 0.391. The van der Waals surface area contributed by atoms with Gasteiger partial charge in [-0.05, 0) is 25.1 Å². The highest BCUT2D eigenvalue weighted by molar-refractivity contribution is 8.00. The maximum Gasteiger partial charge on any atom is 0.271 e. The zero-order chi connectivity index (χ0) is 18.0. The fourth-order valence-electron chi connectivity index (χ4n) is 2.47. The van der Waals surface area contributed by atoms with Gasteiger partial charge in [0, 0.05) is 12.1 Å². The van der Waals surface area contributed by atoms with E-state index >= 15 is 0 Å². The van der Waals surface area contributed by atoms with Crippen molar-refractivity contribution < 1.29 is 9.66 Å². The zero-order valence-corrected chi connectivity index (χ0v) is 14.4. The third-order valence-electron chi connectivity index (χ3n) is 3.61. The Labute approximate surface area is 148 Å². The minimum absolute atomic E-state index is 0.0259. The van der Waals surface area contributed by atoms with E-state index in [9.17, 15) is 10.1 Å². The number of nitriles is 1. The summed E-state index contributed by atoms with van der Waals surface area (Å²) < 4.78 is 7.29. The molecule has 1 aromatic heterocycles. The molecule has 8 heteroatoms. The van der Waals surface area contributed by atoms with E-state index in [4.69, 9.17) is 10.00 Å². The molecule has 0 N–H and O–H groups in total. The second-order valence-corrected chi connectivity index (χ2v) is 6.53. The Kier molecular flexibility index (Phi) is 4.59. The maximum atomic E-state index is 11.0. The minimum Gasteiger partial charge on any atom is -0.495 e. The molecule has 7 nitrogen and oxygen atoms in total. The van der Waals surface area contributed by atoms with E-state index in [0.29, 0.717) is 21.9 Å². The molecule has 0 saturated carbocycles. The van der Waals surface area contributed by atoms with Crippen LogP contribution in [-0.4, -0.2) is 26.8 Å². The topological polar surface area (TPSA) is 94.0 Å². The summed E-state index contributed by atoms with van der Waals surface area (Å²) in [5.74, 6) is 0.645. The molecule has 2 aromatic carbocycles. The lowest BCUT2D eigenvalue weighted by Gasteiger charge is -2.13. The molecule has 1 atom stereocenters. The molecule has 0 fully saturated rings. The normalized spacial score (nSPS) is 11.9. The van der Waals surface area contributed by atoms with Crippen LogP contribution in [0.4, 0.5) is 5.69 Å². The van der Waals surface area contributed by atoms with Crippen LogP contribution in [0.1, 0.15) is 6.92 Å². The van der Waals surface area contributed by atoms with E-state index in [1.807, 2.05) is 28.8 Å². The lowest BCUT2D eigenvalue weighted by atomic mass is 10.2. The van der Waals surface area contributed by atoms with Crippen molar-refractivity contribution in [1.82, 2.24) is 9.55 Å². The molecule has 0 aliphatic heterocycles. The van der Waals surface area contributed by atoms with Crippen molar-refractivity contribution in [2.45, 2.75) is 17.3 Å². The Hall–Kier alpha value is -3.05. The Morgan fingerprint density at radius 2 is 2.12 bits per heavy atom. The van der Waals surface area contributed by atoms with Gasteiger partial charge >= 0.3 is 0 Å². The van der Waals surface area contributed by atoms with Crippen molar-refractivity contribution in [3.8, 4) is 17.5 Å². The van der Waals surface area contributed by atoms with E-state index in [0.717, 1.165) is 5.69 Å². The van der Waals surface area contributed by atoms with Crippen LogP contribution in [0, 0.1) is 21.4 Å². The Morgan fingerprint density at radius 1 is 1.36 bits per heavy atom. The van der Waals surface area contributed by atoms with Crippen LogP contribution in [0.3, 0.4) is 0 Å². The smallest absolute Gasteiger partial charge is 0.271 e. The number of nitrogens with zero attached hydrogens (tertiary/aromatic N) is 4. The van der Waals surface area contributed by atoms with Gasteiger partial charge in [0.25, 0.3) is 5.69 Å². The van der Waals surface area contributed by atoms with E-state index < -0.39 is 4.92 Å². The van der Waals surface area contributed by atoms with Gasteiger partial charge in [-0.2, -0.15) is 5.26 Å². The van der Waals surface area contributed by atoms with Crippen LogP contribution in [-0.2, 0) is 0 Å². The number of hydrogen-bond donors (Lipinski definition) is 0. The number of rotatable bonds is 5. The number of non-ortho nitro benzene ring substituents is 1. The number of imidazole rings is 1. The van der Waals surface area contributed by atoms with Crippen molar-refractivity contribution in [1.29, 1.82) is 5.26 Å². The molecule has 0 spiro atoms. The monoisotopic (exact) mass is 354 g/mol. The molecule has 0 unspecified atom stereocenters. The molecule has 3 rings (SSSR count).